The molecule has 0 unspecified atom stereocenters. The average molecular weight is 129 g/mol. The molecule has 0 heterocycles. The first-order chi connectivity index (χ1) is 4.16. The van der Waals surface area contributed by atoms with E-state index in [-0.39, 0.29) is 12.5 Å². The Morgan fingerprint density at radius 2 is 2.33 bits per heavy atom. The van der Waals surface area contributed by atoms with Gasteiger partial charge in [-0.2, -0.15) is 0 Å². The van der Waals surface area contributed by atoms with E-state index in [9.17, 15) is 4.79 Å². The highest BCUT2D eigenvalue weighted by molar-refractivity contribution is 5.71. The second kappa shape index (κ2) is 3.95. The van der Waals surface area contributed by atoms with Crippen LogP contribution >= 0.6 is 0 Å². The van der Waals surface area contributed by atoms with Crippen molar-refractivity contribution in [3.8, 4) is 0 Å². The molecule has 3 nitrogen and oxygen atoms in total. The number of esters is 1. The Balaban J connectivity index is 3.28. The molecule has 52 valence electrons. The van der Waals surface area contributed by atoms with Gasteiger partial charge in [-0.15, -0.1) is 0 Å². The SMILES string of the molecule is C=C(C)NCC(=O)OC. The van der Waals surface area contributed by atoms with Crippen LogP contribution in [0.4, 0.5) is 0 Å². The second-order valence-electron chi connectivity index (χ2n) is 1.71. The summed E-state index contributed by atoms with van der Waals surface area (Å²) in [6, 6.07) is 0. The predicted octanol–water partition coefficient (Wildman–Crippen LogP) is 0.283. The van der Waals surface area contributed by atoms with E-state index < -0.39 is 0 Å². The number of hydrogen-bond acceptors (Lipinski definition) is 3. The summed E-state index contributed by atoms with van der Waals surface area (Å²) < 4.78 is 4.36. The number of rotatable bonds is 3. The third-order valence-corrected chi connectivity index (χ3v) is 0.762. The molecule has 0 bridgehead atoms. The molecule has 1 N–H and O–H groups in total. The van der Waals surface area contributed by atoms with Crippen molar-refractivity contribution >= 4 is 5.97 Å². The molecular formula is C6H11NO2. The molecule has 3 heteroatoms. The van der Waals surface area contributed by atoms with Crippen molar-refractivity contribution in [1.29, 1.82) is 0 Å². The van der Waals surface area contributed by atoms with Gasteiger partial charge in [0.25, 0.3) is 0 Å². The van der Waals surface area contributed by atoms with Gasteiger partial charge in [0, 0.05) is 5.70 Å². The van der Waals surface area contributed by atoms with Gasteiger partial charge in [0.05, 0.1) is 7.11 Å². The highest BCUT2D eigenvalue weighted by atomic mass is 16.5. The molecule has 0 atom stereocenters. The zero-order valence-corrected chi connectivity index (χ0v) is 5.73. The summed E-state index contributed by atoms with van der Waals surface area (Å²) in [6.07, 6.45) is 0. The highest BCUT2D eigenvalue weighted by Gasteiger charge is 1.95. The largest absolute Gasteiger partial charge is 0.468 e. The first-order valence-corrected chi connectivity index (χ1v) is 2.63. The van der Waals surface area contributed by atoms with E-state index in [2.05, 4.69) is 16.6 Å². The molecular weight excluding hydrogens is 118 g/mol. The molecule has 0 radical (unpaired) electrons. The van der Waals surface area contributed by atoms with Crippen molar-refractivity contribution in [2.45, 2.75) is 6.92 Å². The summed E-state index contributed by atoms with van der Waals surface area (Å²) in [7, 11) is 1.35. The van der Waals surface area contributed by atoms with E-state index in [1.807, 2.05) is 0 Å². The first kappa shape index (κ1) is 8.01. The first-order valence-electron chi connectivity index (χ1n) is 2.63. The number of methoxy groups -OCH3 is 1. The Hall–Kier alpha value is -0.990. The second-order valence-corrected chi connectivity index (χ2v) is 1.71. The predicted molar refractivity (Wildman–Crippen MR) is 34.8 cm³/mol. The van der Waals surface area contributed by atoms with Gasteiger partial charge in [-0.05, 0) is 6.92 Å². The highest BCUT2D eigenvalue weighted by Crippen LogP contribution is 1.77. The maximum atomic E-state index is 10.4. The lowest BCUT2D eigenvalue weighted by molar-refractivity contribution is -0.139. The van der Waals surface area contributed by atoms with Crippen LogP contribution in [0.25, 0.3) is 0 Å². The van der Waals surface area contributed by atoms with Crippen LogP contribution in [0.5, 0.6) is 0 Å². The van der Waals surface area contributed by atoms with Crippen molar-refractivity contribution in [1.82, 2.24) is 5.32 Å². The molecule has 0 aliphatic rings. The summed E-state index contributed by atoms with van der Waals surface area (Å²) in [4.78, 5) is 10.4. The number of ether oxygens (including phenoxy) is 1. The average Bonchev–Trinajstić information content (AvgIpc) is 1.83. The molecule has 0 spiro atoms. The zero-order chi connectivity index (χ0) is 7.28. The third kappa shape index (κ3) is 4.87. The van der Waals surface area contributed by atoms with Gasteiger partial charge >= 0.3 is 5.97 Å². The molecule has 0 aliphatic heterocycles. The van der Waals surface area contributed by atoms with Crippen molar-refractivity contribution in [3.63, 3.8) is 0 Å². The minimum Gasteiger partial charge on any atom is -0.468 e. The van der Waals surface area contributed by atoms with Crippen LogP contribution in [0, 0.1) is 0 Å². The van der Waals surface area contributed by atoms with Crippen molar-refractivity contribution in [3.05, 3.63) is 12.3 Å². The van der Waals surface area contributed by atoms with Crippen LogP contribution in [0.2, 0.25) is 0 Å². The molecule has 9 heavy (non-hydrogen) atoms. The van der Waals surface area contributed by atoms with E-state index >= 15 is 0 Å². The van der Waals surface area contributed by atoms with Crippen LogP contribution in [-0.2, 0) is 9.53 Å². The van der Waals surface area contributed by atoms with Gasteiger partial charge in [-0.3, -0.25) is 4.79 Å². The summed E-state index contributed by atoms with van der Waals surface area (Å²) in [5, 5.41) is 2.73. The van der Waals surface area contributed by atoms with E-state index in [0.29, 0.717) is 0 Å². The van der Waals surface area contributed by atoms with E-state index in [4.69, 9.17) is 0 Å². The molecule has 0 aromatic rings. The Morgan fingerprint density at radius 3 is 2.67 bits per heavy atom. The minimum atomic E-state index is -0.280. The standard InChI is InChI=1S/C6H11NO2/c1-5(2)7-4-6(8)9-3/h7H,1,4H2,2-3H3. The molecule has 0 aliphatic carbocycles. The lowest BCUT2D eigenvalue weighted by Gasteiger charge is -2.01. The maximum absolute atomic E-state index is 10.4. The summed E-state index contributed by atoms with van der Waals surface area (Å²) >= 11 is 0. The summed E-state index contributed by atoms with van der Waals surface area (Å²) in [6.45, 7) is 5.52. The molecule has 0 aromatic carbocycles. The normalized spacial score (nSPS) is 8.22. The van der Waals surface area contributed by atoms with Crippen LogP contribution in [0.3, 0.4) is 0 Å². The Kier molecular flexibility index (Phi) is 3.51. The van der Waals surface area contributed by atoms with Crippen molar-refractivity contribution in [2.75, 3.05) is 13.7 Å². The van der Waals surface area contributed by atoms with Gasteiger partial charge < -0.3 is 10.1 Å². The van der Waals surface area contributed by atoms with Gasteiger partial charge in [0.2, 0.25) is 0 Å². The van der Waals surface area contributed by atoms with Crippen LogP contribution in [0.1, 0.15) is 6.92 Å². The molecule has 0 saturated heterocycles. The van der Waals surface area contributed by atoms with Crippen LogP contribution in [-0.4, -0.2) is 19.6 Å². The van der Waals surface area contributed by atoms with Crippen molar-refractivity contribution < 1.29 is 9.53 Å². The smallest absolute Gasteiger partial charge is 0.325 e. The maximum Gasteiger partial charge on any atom is 0.325 e. The molecule has 0 rings (SSSR count). The minimum absolute atomic E-state index is 0.200. The lowest BCUT2D eigenvalue weighted by atomic mass is 10.5. The monoisotopic (exact) mass is 129 g/mol. The molecule has 0 amide bonds. The van der Waals surface area contributed by atoms with Crippen molar-refractivity contribution in [2.24, 2.45) is 0 Å². The van der Waals surface area contributed by atoms with E-state index in [1.165, 1.54) is 7.11 Å². The molecule has 0 saturated carbocycles. The van der Waals surface area contributed by atoms with Gasteiger partial charge in [0.15, 0.2) is 0 Å². The Morgan fingerprint density at radius 1 is 1.78 bits per heavy atom. The number of allylic oxidation sites excluding steroid dienone is 1. The van der Waals surface area contributed by atoms with Crippen LogP contribution < -0.4 is 5.32 Å². The fraction of sp³-hybridized carbons (Fsp3) is 0.500. The zero-order valence-electron chi connectivity index (χ0n) is 5.73. The number of carbonyl (C=O) groups is 1. The van der Waals surface area contributed by atoms with Gasteiger partial charge in [-0.1, -0.05) is 6.58 Å². The van der Waals surface area contributed by atoms with Crippen LogP contribution in [0.15, 0.2) is 12.3 Å². The van der Waals surface area contributed by atoms with Gasteiger partial charge in [-0.25, -0.2) is 0 Å². The van der Waals surface area contributed by atoms with Gasteiger partial charge in [0.1, 0.15) is 6.54 Å². The molecule has 0 aromatic heterocycles. The fourth-order valence-corrected chi connectivity index (χ4v) is 0.295. The lowest BCUT2D eigenvalue weighted by Crippen LogP contribution is -2.21. The Labute approximate surface area is 54.7 Å². The molecule has 0 fully saturated rings. The van der Waals surface area contributed by atoms with E-state index in [0.717, 1.165) is 5.70 Å². The number of carbonyl (C=O) groups excluding carboxylic acids is 1. The number of hydrogen-bond donors (Lipinski definition) is 1. The number of nitrogens with one attached hydrogen (secondary N) is 1. The van der Waals surface area contributed by atoms with E-state index in [1.54, 1.807) is 6.92 Å². The summed E-state index contributed by atoms with van der Waals surface area (Å²) in [5.41, 5.74) is 0.764. The topological polar surface area (TPSA) is 38.3 Å². The Bertz CT molecular complexity index is 120. The third-order valence-electron chi connectivity index (χ3n) is 0.762. The summed E-state index contributed by atoms with van der Waals surface area (Å²) in [5.74, 6) is -0.280. The quantitative estimate of drug-likeness (QED) is 0.556. The fourth-order valence-electron chi connectivity index (χ4n) is 0.295.